The molecule has 5 nitrogen and oxygen atoms in total. The first-order chi connectivity index (χ1) is 11.7. The van der Waals surface area contributed by atoms with Crippen molar-refractivity contribution in [3.63, 3.8) is 0 Å². The van der Waals surface area contributed by atoms with Crippen molar-refractivity contribution in [3.05, 3.63) is 35.6 Å². The second-order valence-electron chi connectivity index (χ2n) is 7.27. The Morgan fingerprint density at radius 2 is 2.00 bits per heavy atom. The summed E-state index contributed by atoms with van der Waals surface area (Å²) in [6.07, 6.45) is 5.69. The zero-order valence-corrected chi connectivity index (χ0v) is 16.1. The van der Waals surface area contributed by atoms with Crippen LogP contribution in [-0.2, 0) is 14.1 Å². The molecular weight excluding hydrogens is 335 g/mol. The summed E-state index contributed by atoms with van der Waals surface area (Å²) in [5, 5.41) is 0.0698. The van der Waals surface area contributed by atoms with Gasteiger partial charge in [-0.05, 0) is 50.9 Å². The van der Waals surface area contributed by atoms with E-state index in [1.807, 2.05) is 58.3 Å². The number of thioether (sulfide) groups is 1. The lowest BCUT2D eigenvalue weighted by Crippen LogP contribution is -2.41. The lowest BCUT2D eigenvalue weighted by molar-refractivity contribution is -0.109. The number of pyridine rings is 1. The number of aromatic amines is 1. The van der Waals surface area contributed by atoms with Crippen molar-refractivity contribution in [3.8, 4) is 0 Å². The van der Waals surface area contributed by atoms with E-state index in [4.69, 9.17) is 9.31 Å². The Kier molecular flexibility index (Phi) is 4.83. The van der Waals surface area contributed by atoms with Gasteiger partial charge < -0.3 is 14.3 Å². The molecule has 3 heterocycles. The third-order valence-electron chi connectivity index (χ3n) is 4.77. The Bertz CT molecular complexity index is 813. The average Bonchev–Trinajstić information content (AvgIpc) is 3.05. The van der Waals surface area contributed by atoms with Crippen LogP contribution < -0.4 is 0 Å². The van der Waals surface area contributed by atoms with Crippen LogP contribution in [0.25, 0.3) is 17.1 Å². The van der Waals surface area contributed by atoms with E-state index in [1.54, 1.807) is 6.92 Å². The molecule has 0 bridgehead atoms. The van der Waals surface area contributed by atoms with Crippen LogP contribution in [-0.4, -0.2) is 39.2 Å². The van der Waals surface area contributed by atoms with Crippen molar-refractivity contribution < 1.29 is 14.1 Å². The van der Waals surface area contributed by atoms with Crippen molar-refractivity contribution in [2.24, 2.45) is 0 Å². The number of H-pyrrole nitrogens is 1. The number of hydrogen-bond acceptors (Lipinski definition) is 5. The molecule has 1 fully saturated rings. The van der Waals surface area contributed by atoms with Gasteiger partial charge in [0.25, 0.3) is 0 Å². The zero-order chi connectivity index (χ0) is 18.2. The highest BCUT2D eigenvalue weighted by Gasteiger charge is 2.52. The molecule has 0 unspecified atom stereocenters. The summed E-state index contributed by atoms with van der Waals surface area (Å²) in [5.74, 6) is 0.523. The van der Waals surface area contributed by atoms with Crippen LogP contribution in [0.5, 0.6) is 0 Å². The summed E-state index contributed by atoms with van der Waals surface area (Å²) in [4.78, 5) is 19.1. The summed E-state index contributed by atoms with van der Waals surface area (Å²) in [5.41, 5.74) is 2.93. The molecule has 2 aromatic heterocycles. The number of nitrogens with one attached hydrogen (secondary N) is 1. The number of rotatable bonds is 4. The van der Waals surface area contributed by atoms with Crippen molar-refractivity contribution in [1.29, 1.82) is 0 Å². The fourth-order valence-electron chi connectivity index (χ4n) is 2.60. The van der Waals surface area contributed by atoms with Crippen molar-refractivity contribution in [2.45, 2.75) is 45.8 Å². The molecule has 1 aliphatic rings. The number of hydrogen-bond donors (Lipinski definition) is 1. The van der Waals surface area contributed by atoms with Gasteiger partial charge in [0.2, 0.25) is 0 Å². The SMILES string of the molecule is CC(=O)SCC(=Cc1cnc2cc[nH]c2c1)B1OC(C)(C)C(C)(C)O1. The fraction of sp³-hybridized carbons (Fsp3) is 0.444. The predicted molar refractivity (Wildman–Crippen MR) is 103 cm³/mol. The molecule has 2 aromatic rings. The minimum absolute atomic E-state index is 0.0698. The summed E-state index contributed by atoms with van der Waals surface area (Å²) < 4.78 is 12.3. The van der Waals surface area contributed by atoms with Crippen LogP contribution in [0.4, 0.5) is 0 Å². The molecule has 1 aliphatic heterocycles. The van der Waals surface area contributed by atoms with E-state index in [1.165, 1.54) is 11.8 Å². The quantitative estimate of drug-likeness (QED) is 0.841. The van der Waals surface area contributed by atoms with E-state index < -0.39 is 18.3 Å². The molecule has 1 saturated heterocycles. The zero-order valence-electron chi connectivity index (χ0n) is 15.3. The topological polar surface area (TPSA) is 64.2 Å². The van der Waals surface area contributed by atoms with Crippen LogP contribution in [0.15, 0.2) is 30.0 Å². The summed E-state index contributed by atoms with van der Waals surface area (Å²) >= 11 is 1.26. The van der Waals surface area contributed by atoms with E-state index in [0.717, 1.165) is 22.1 Å². The molecule has 0 aliphatic carbocycles. The van der Waals surface area contributed by atoms with Gasteiger partial charge in [-0.3, -0.25) is 9.78 Å². The highest BCUT2D eigenvalue weighted by molar-refractivity contribution is 8.13. The highest BCUT2D eigenvalue weighted by Crippen LogP contribution is 2.39. The number of fused-ring (bicyclic) bond motifs is 1. The molecule has 1 N–H and O–H groups in total. The van der Waals surface area contributed by atoms with Gasteiger partial charge in [0.05, 0.1) is 22.2 Å². The first kappa shape index (κ1) is 18.2. The Morgan fingerprint density at radius 3 is 2.64 bits per heavy atom. The van der Waals surface area contributed by atoms with Crippen LogP contribution in [0.3, 0.4) is 0 Å². The molecular formula is C18H23BN2O3S. The Morgan fingerprint density at radius 1 is 1.32 bits per heavy atom. The van der Waals surface area contributed by atoms with E-state index in [-0.39, 0.29) is 5.12 Å². The molecule has 132 valence electrons. The lowest BCUT2D eigenvalue weighted by atomic mass is 9.78. The maximum absolute atomic E-state index is 11.4. The molecule has 0 aromatic carbocycles. The van der Waals surface area contributed by atoms with Crippen molar-refractivity contribution in [1.82, 2.24) is 9.97 Å². The largest absolute Gasteiger partial charge is 0.491 e. The van der Waals surface area contributed by atoms with E-state index >= 15 is 0 Å². The van der Waals surface area contributed by atoms with Gasteiger partial charge in [-0.15, -0.1) is 0 Å². The van der Waals surface area contributed by atoms with Gasteiger partial charge in [0.1, 0.15) is 0 Å². The number of nitrogens with zero attached hydrogens (tertiary/aromatic N) is 1. The van der Waals surface area contributed by atoms with Crippen LogP contribution in [0.2, 0.25) is 0 Å². The molecule has 0 saturated carbocycles. The van der Waals surface area contributed by atoms with Crippen molar-refractivity contribution >= 4 is 41.1 Å². The van der Waals surface area contributed by atoms with Crippen LogP contribution in [0.1, 0.15) is 40.2 Å². The maximum Gasteiger partial charge on any atom is 0.491 e. The van der Waals surface area contributed by atoms with E-state index in [0.29, 0.717) is 5.75 Å². The lowest BCUT2D eigenvalue weighted by Gasteiger charge is -2.32. The minimum atomic E-state index is -0.476. The molecule has 0 spiro atoms. The predicted octanol–water partition coefficient (Wildman–Crippen LogP) is 3.86. The van der Waals surface area contributed by atoms with E-state index in [9.17, 15) is 4.79 Å². The van der Waals surface area contributed by atoms with Crippen LogP contribution >= 0.6 is 11.8 Å². The Hall–Kier alpha value is -1.57. The van der Waals surface area contributed by atoms with Crippen LogP contribution in [0, 0.1) is 0 Å². The number of carbonyl (C=O) groups excluding carboxylic acids is 1. The standard InChI is InChI=1S/C18H23BN2O3S/c1-12(22)25-11-14(19-23-17(2,3)18(4,5)24-19)8-13-9-16-15(21-10-13)6-7-20-16/h6-10,20H,11H2,1-5H3. The Labute approximate surface area is 152 Å². The third-order valence-corrected chi connectivity index (χ3v) is 5.65. The highest BCUT2D eigenvalue weighted by atomic mass is 32.2. The second kappa shape index (κ2) is 6.63. The van der Waals surface area contributed by atoms with Crippen molar-refractivity contribution in [2.75, 3.05) is 5.75 Å². The number of aromatic nitrogens is 2. The number of carbonyl (C=O) groups is 1. The van der Waals surface area contributed by atoms with Gasteiger partial charge in [-0.1, -0.05) is 17.8 Å². The van der Waals surface area contributed by atoms with Gasteiger partial charge >= 0.3 is 7.12 Å². The molecule has 0 amide bonds. The smallest absolute Gasteiger partial charge is 0.400 e. The second-order valence-corrected chi connectivity index (χ2v) is 8.42. The third kappa shape index (κ3) is 3.83. The normalized spacial score (nSPS) is 19.6. The van der Waals surface area contributed by atoms with Gasteiger partial charge in [0, 0.05) is 25.1 Å². The first-order valence-electron chi connectivity index (χ1n) is 8.30. The molecule has 7 heteroatoms. The summed E-state index contributed by atoms with van der Waals surface area (Å²) in [7, 11) is -0.476. The van der Waals surface area contributed by atoms with Gasteiger partial charge in [0.15, 0.2) is 5.12 Å². The van der Waals surface area contributed by atoms with E-state index in [2.05, 4.69) is 9.97 Å². The van der Waals surface area contributed by atoms with Gasteiger partial charge in [-0.25, -0.2) is 0 Å². The van der Waals surface area contributed by atoms with Gasteiger partial charge in [-0.2, -0.15) is 0 Å². The monoisotopic (exact) mass is 358 g/mol. The molecule has 0 radical (unpaired) electrons. The first-order valence-corrected chi connectivity index (χ1v) is 9.29. The average molecular weight is 358 g/mol. The minimum Gasteiger partial charge on any atom is -0.400 e. The molecule has 0 atom stereocenters. The summed E-state index contributed by atoms with van der Waals surface area (Å²) in [6, 6.07) is 3.97. The molecule has 3 rings (SSSR count). The molecule has 25 heavy (non-hydrogen) atoms. The maximum atomic E-state index is 11.4. The Balaban J connectivity index is 1.92. The summed E-state index contributed by atoms with van der Waals surface area (Å²) in [6.45, 7) is 9.66. The fourth-order valence-corrected chi connectivity index (χ4v) is 3.19.